The van der Waals surface area contributed by atoms with E-state index in [9.17, 15) is 14.7 Å². The van der Waals surface area contributed by atoms with Crippen LogP contribution in [0.25, 0.3) is 0 Å². The molecule has 4 nitrogen and oxygen atoms in total. The summed E-state index contributed by atoms with van der Waals surface area (Å²) in [5.41, 5.74) is 2.26. The number of aryl methyl sites for hydroxylation is 2. The van der Waals surface area contributed by atoms with Crippen molar-refractivity contribution in [3.8, 4) is 0 Å². The molecule has 0 bridgehead atoms. The van der Waals surface area contributed by atoms with E-state index in [0.29, 0.717) is 18.6 Å². The zero-order valence-corrected chi connectivity index (χ0v) is 12.1. The summed E-state index contributed by atoms with van der Waals surface area (Å²) >= 11 is 1.39. The standard InChI is InChI=1S/C15H17NO3S/c1-11-2-4-12(5-3-11)6-7-13(15(18)19)16-8-9-20-10-14(16)17/h2-5,8-9,13H,6-7,10H2,1H3,(H,18,19). The summed E-state index contributed by atoms with van der Waals surface area (Å²) in [7, 11) is 0. The van der Waals surface area contributed by atoms with Crippen LogP contribution in [0.1, 0.15) is 17.5 Å². The molecule has 0 spiro atoms. The van der Waals surface area contributed by atoms with E-state index in [-0.39, 0.29) is 5.91 Å². The Morgan fingerprint density at radius 2 is 2.10 bits per heavy atom. The summed E-state index contributed by atoms with van der Waals surface area (Å²) in [5, 5.41) is 11.1. The van der Waals surface area contributed by atoms with Crippen LogP contribution in [0.4, 0.5) is 0 Å². The molecule has 20 heavy (non-hydrogen) atoms. The third kappa shape index (κ3) is 3.63. The summed E-state index contributed by atoms with van der Waals surface area (Å²) in [6, 6.07) is 7.22. The van der Waals surface area contributed by atoms with Crippen LogP contribution in [0, 0.1) is 6.92 Å². The Morgan fingerprint density at radius 1 is 1.40 bits per heavy atom. The maximum Gasteiger partial charge on any atom is 0.326 e. The molecule has 0 aromatic heterocycles. The predicted molar refractivity (Wildman–Crippen MR) is 79.4 cm³/mol. The minimum absolute atomic E-state index is 0.145. The Balaban J connectivity index is 2.04. The third-order valence-electron chi connectivity index (χ3n) is 3.26. The van der Waals surface area contributed by atoms with Crippen molar-refractivity contribution in [3.63, 3.8) is 0 Å². The molecule has 1 atom stereocenters. The lowest BCUT2D eigenvalue weighted by molar-refractivity contribution is -0.147. The molecule has 1 aromatic carbocycles. The highest BCUT2D eigenvalue weighted by molar-refractivity contribution is 8.02. The van der Waals surface area contributed by atoms with Crippen molar-refractivity contribution in [2.75, 3.05) is 5.75 Å². The van der Waals surface area contributed by atoms with Gasteiger partial charge in [-0.1, -0.05) is 29.8 Å². The largest absolute Gasteiger partial charge is 0.480 e. The maximum atomic E-state index is 11.8. The average Bonchev–Trinajstić information content (AvgIpc) is 2.42. The molecule has 0 aliphatic carbocycles. The molecule has 1 aliphatic rings. The zero-order valence-electron chi connectivity index (χ0n) is 11.3. The van der Waals surface area contributed by atoms with Gasteiger partial charge in [-0.05, 0) is 30.7 Å². The van der Waals surface area contributed by atoms with Gasteiger partial charge < -0.3 is 10.0 Å². The van der Waals surface area contributed by atoms with Gasteiger partial charge in [-0.25, -0.2) is 4.79 Å². The lowest BCUT2D eigenvalue weighted by atomic mass is 10.0. The molecule has 1 aliphatic heterocycles. The fraction of sp³-hybridized carbons (Fsp3) is 0.333. The first kappa shape index (κ1) is 14.7. The number of thioether (sulfide) groups is 1. The van der Waals surface area contributed by atoms with Crippen LogP contribution < -0.4 is 0 Å². The number of carboxylic acid groups (broad SMARTS) is 1. The van der Waals surface area contributed by atoms with Gasteiger partial charge in [-0.2, -0.15) is 0 Å². The SMILES string of the molecule is Cc1ccc(CCC(C(=O)O)N2C=CSCC2=O)cc1. The molecule has 0 fully saturated rings. The number of carbonyl (C=O) groups excluding carboxylic acids is 1. The van der Waals surface area contributed by atoms with Gasteiger partial charge in [0.25, 0.3) is 0 Å². The highest BCUT2D eigenvalue weighted by Crippen LogP contribution is 2.18. The fourth-order valence-corrected chi connectivity index (χ4v) is 2.71. The number of nitrogens with zero attached hydrogens (tertiary/aromatic N) is 1. The van der Waals surface area contributed by atoms with E-state index < -0.39 is 12.0 Å². The van der Waals surface area contributed by atoms with E-state index >= 15 is 0 Å². The first-order valence-electron chi connectivity index (χ1n) is 6.45. The molecule has 1 N–H and O–H groups in total. The van der Waals surface area contributed by atoms with Gasteiger partial charge in [-0.15, -0.1) is 11.8 Å². The van der Waals surface area contributed by atoms with Gasteiger partial charge in [0.05, 0.1) is 5.75 Å². The Labute approximate surface area is 122 Å². The van der Waals surface area contributed by atoms with Crippen molar-refractivity contribution < 1.29 is 14.7 Å². The van der Waals surface area contributed by atoms with Crippen molar-refractivity contribution in [1.82, 2.24) is 4.90 Å². The first-order valence-corrected chi connectivity index (χ1v) is 7.50. The number of amides is 1. The molecule has 1 heterocycles. The molecule has 1 unspecified atom stereocenters. The van der Waals surface area contributed by atoms with E-state index in [0.717, 1.165) is 5.56 Å². The maximum absolute atomic E-state index is 11.8. The number of aliphatic carboxylic acids is 1. The summed E-state index contributed by atoms with van der Waals surface area (Å²) in [6.07, 6.45) is 2.63. The topological polar surface area (TPSA) is 57.6 Å². The molecular formula is C15H17NO3S. The molecule has 2 rings (SSSR count). The van der Waals surface area contributed by atoms with Crippen LogP contribution in [0.5, 0.6) is 0 Å². The highest BCUT2D eigenvalue weighted by atomic mass is 32.2. The fourth-order valence-electron chi connectivity index (χ4n) is 2.10. The minimum Gasteiger partial charge on any atom is -0.480 e. The molecule has 106 valence electrons. The van der Waals surface area contributed by atoms with Crippen LogP contribution in [-0.2, 0) is 16.0 Å². The minimum atomic E-state index is -0.956. The van der Waals surface area contributed by atoms with Crippen molar-refractivity contribution in [1.29, 1.82) is 0 Å². The molecule has 0 saturated heterocycles. The number of carboxylic acids is 1. The van der Waals surface area contributed by atoms with Gasteiger partial charge >= 0.3 is 5.97 Å². The number of carbonyl (C=O) groups is 2. The number of hydrogen-bond donors (Lipinski definition) is 1. The van der Waals surface area contributed by atoms with Gasteiger partial charge in [0.2, 0.25) is 5.91 Å². The van der Waals surface area contributed by atoms with Gasteiger partial charge in [0.1, 0.15) is 6.04 Å². The Bertz CT molecular complexity index is 524. The van der Waals surface area contributed by atoms with Gasteiger partial charge in [0.15, 0.2) is 0 Å². The van der Waals surface area contributed by atoms with Gasteiger partial charge in [-0.3, -0.25) is 4.79 Å². The second kappa shape index (κ2) is 6.61. The van der Waals surface area contributed by atoms with Gasteiger partial charge in [0, 0.05) is 6.20 Å². The van der Waals surface area contributed by atoms with Crippen LogP contribution >= 0.6 is 11.8 Å². The highest BCUT2D eigenvalue weighted by Gasteiger charge is 2.29. The monoisotopic (exact) mass is 291 g/mol. The number of rotatable bonds is 5. The predicted octanol–water partition coefficient (Wildman–Crippen LogP) is 2.43. The normalized spacial score (nSPS) is 16.2. The van der Waals surface area contributed by atoms with Crippen molar-refractivity contribution in [2.45, 2.75) is 25.8 Å². The quantitative estimate of drug-likeness (QED) is 0.905. The Hall–Kier alpha value is -1.75. The Kier molecular flexibility index (Phi) is 4.84. The van der Waals surface area contributed by atoms with Crippen LogP contribution in [0.3, 0.4) is 0 Å². The average molecular weight is 291 g/mol. The molecule has 1 amide bonds. The summed E-state index contributed by atoms with van der Waals surface area (Å²) in [6.45, 7) is 2.01. The summed E-state index contributed by atoms with van der Waals surface area (Å²) < 4.78 is 0. The van der Waals surface area contributed by atoms with E-state index in [4.69, 9.17) is 0 Å². The van der Waals surface area contributed by atoms with Crippen molar-refractivity contribution in [3.05, 3.63) is 47.0 Å². The number of hydrogen-bond acceptors (Lipinski definition) is 3. The second-order valence-electron chi connectivity index (χ2n) is 4.78. The smallest absolute Gasteiger partial charge is 0.326 e. The summed E-state index contributed by atoms with van der Waals surface area (Å²) in [5.74, 6) is -0.791. The van der Waals surface area contributed by atoms with Crippen LogP contribution in [0.2, 0.25) is 0 Å². The van der Waals surface area contributed by atoms with E-state index in [2.05, 4.69) is 0 Å². The third-order valence-corrected chi connectivity index (χ3v) is 3.99. The molecule has 0 saturated carbocycles. The van der Waals surface area contributed by atoms with Crippen molar-refractivity contribution >= 4 is 23.6 Å². The summed E-state index contributed by atoms with van der Waals surface area (Å²) in [4.78, 5) is 24.5. The lowest BCUT2D eigenvalue weighted by Crippen LogP contribution is -2.43. The molecule has 5 heteroatoms. The Morgan fingerprint density at radius 3 is 2.70 bits per heavy atom. The van der Waals surface area contributed by atoms with Crippen LogP contribution in [-0.4, -0.2) is 33.7 Å². The molecule has 0 radical (unpaired) electrons. The molecular weight excluding hydrogens is 274 g/mol. The van der Waals surface area contributed by atoms with Crippen molar-refractivity contribution in [2.24, 2.45) is 0 Å². The van der Waals surface area contributed by atoms with E-state index in [1.165, 1.54) is 22.2 Å². The van der Waals surface area contributed by atoms with E-state index in [1.807, 2.05) is 31.2 Å². The second-order valence-corrected chi connectivity index (χ2v) is 5.67. The van der Waals surface area contributed by atoms with E-state index in [1.54, 1.807) is 11.6 Å². The number of benzene rings is 1. The first-order chi connectivity index (χ1) is 9.58. The van der Waals surface area contributed by atoms with Crippen LogP contribution in [0.15, 0.2) is 35.9 Å². The molecule has 1 aromatic rings. The zero-order chi connectivity index (χ0) is 14.5. The lowest BCUT2D eigenvalue weighted by Gasteiger charge is -2.27.